The SMILES string of the molecule is [2H]c1cc2c(-c3c4c([2H])c([2H])c([2H])cc4c(-c4c([2H])c([2H])c([2H])c([2H])c4[2H])c4c([2H])c([2H])c([2H])c([2H])c34)c3cc([2H])c([2H])c([2H])c3c(-c3c([2H])c([2H])c([2H])c([2H])c3[2H])c2c([2H])c1[2H]. The Morgan fingerprint density at radius 2 is 0.525 bits per heavy atom. The van der Waals surface area contributed by atoms with Crippen LogP contribution in [0.3, 0.4) is 0 Å². The van der Waals surface area contributed by atoms with Gasteiger partial charge in [0.1, 0.15) is 0 Å². The zero-order valence-electron chi connectivity index (χ0n) is 43.2. The molecule has 8 aromatic rings. The molecule has 0 fully saturated rings. The molecular formula is C40H26. The first-order valence-electron chi connectivity index (χ1n) is 23.5. The zero-order chi connectivity index (χ0) is 46.5. The summed E-state index contributed by atoms with van der Waals surface area (Å²) in [6, 6.07) is -14.9. The molecule has 0 saturated heterocycles. The number of rotatable bonds is 3. The van der Waals surface area contributed by atoms with Gasteiger partial charge in [0.15, 0.2) is 0 Å². The molecule has 40 heavy (non-hydrogen) atoms. The van der Waals surface area contributed by atoms with Crippen molar-refractivity contribution in [1.82, 2.24) is 0 Å². The maximum atomic E-state index is 9.45. The van der Waals surface area contributed by atoms with Crippen LogP contribution in [-0.2, 0) is 0 Å². The Labute approximate surface area is 266 Å². The fraction of sp³-hybridized carbons (Fsp3) is 0. The molecule has 0 aliphatic heterocycles. The van der Waals surface area contributed by atoms with Gasteiger partial charge in [0.2, 0.25) is 0 Å². The van der Waals surface area contributed by atoms with Crippen LogP contribution in [0.1, 0.15) is 31.5 Å². The Morgan fingerprint density at radius 3 is 1.00 bits per heavy atom. The summed E-state index contributed by atoms with van der Waals surface area (Å²) >= 11 is 0. The summed E-state index contributed by atoms with van der Waals surface area (Å²) in [5, 5.41) is -3.22. The first kappa shape index (κ1) is 9.47. The third-order valence-electron chi connectivity index (χ3n) is 6.73. The molecule has 0 aromatic heterocycles. The standard InChI is InChI=1S/C40H26/c1-3-15-27(16-4-1)37-29-19-7-11-23-33(29)39(34-24-12-8-20-30(34)37)40-35-25-13-9-21-31(35)38(28-17-5-2-6-18-28)32-22-10-14-26-36(32)40/h1-26H/i1D,2D,3D,4D,5D,6D,7D,8D,9D,10D,11D,12D,13D,14D,15D,16D,17D,18D,19D,20D,21D,25D,26D. The van der Waals surface area contributed by atoms with E-state index in [2.05, 4.69) is 0 Å². The lowest BCUT2D eigenvalue weighted by Gasteiger charge is -2.22. The predicted molar refractivity (Wildman–Crippen MR) is 173 cm³/mol. The lowest BCUT2D eigenvalue weighted by molar-refractivity contribution is 1.66. The topological polar surface area (TPSA) is 0 Å². The molecule has 0 N–H and O–H groups in total. The number of fused-ring (bicyclic) bond motifs is 4. The van der Waals surface area contributed by atoms with Gasteiger partial charge in [0.05, 0.1) is 31.5 Å². The Morgan fingerprint density at radius 1 is 0.250 bits per heavy atom. The molecule has 0 heterocycles. The highest BCUT2D eigenvalue weighted by Crippen LogP contribution is 2.49. The van der Waals surface area contributed by atoms with Gasteiger partial charge in [-0.1, -0.05) is 157 Å². The first-order chi connectivity index (χ1) is 29.4. The predicted octanol–water partition coefficient (Wildman–Crippen LogP) is 11.3. The minimum absolute atomic E-state index is 0.293. The van der Waals surface area contributed by atoms with Crippen LogP contribution in [-0.4, -0.2) is 0 Å². The van der Waals surface area contributed by atoms with Crippen molar-refractivity contribution in [2.24, 2.45) is 0 Å². The van der Waals surface area contributed by atoms with Crippen LogP contribution < -0.4 is 0 Å². The Balaban J connectivity index is 1.84. The van der Waals surface area contributed by atoms with Crippen molar-refractivity contribution in [3.8, 4) is 33.4 Å². The van der Waals surface area contributed by atoms with Gasteiger partial charge in [-0.15, -0.1) is 0 Å². The summed E-state index contributed by atoms with van der Waals surface area (Å²) in [5.74, 6) is 0. The smallest absolute Gasteiger partial charge is 0.0622 e. The van der Waals surface area contributed by atoms with Crippen molar-refractivity contribution in [2.75, 3.05) is 0 Å². The normalized spacial score (nSPS) is 19.6. The van der Waals surface area contributed by atoms with E-state index >= 15 is 0 Å². The van der Waals surface area contributed by atoms with E-state index in [1.807, 2.05) is 0 Å². The van der Waals surface area contributed by atoms with Gasteiger partial charge in [0.25, 0.3) is 0 Å². The molecule has 0 unspecified atom stereocenters. The van der Waals surface area contributed by atoms with Gasteiger partial charge in [-0.05, 0) is 76.5 Å². The van der Waals surface area contributed by atoms with E-state index < -0.39 is 194 Å². The second-order valence-corrected chi connectivity index (χ2v) is 8.73. The monoisotopic (exact) mass is 529 g/mol. The Bertz CT molecular complexity index is 3350. The highest BCUT2D eigenvalue weighted by Gasteiger charge is 2.21. The molecule has 8 rings (SSSR count). The lowest BCUT2D eigenvalue weighted by Crippen LogP contribution is -1.94. The van der Waals surface area contributed by atoms with Crippen LogP contribution in [0.4, 0.5) is 0 Å². The molecule has 0 spiro atoms. The van der Waals surface area contributed by atoms with Crippen LogP contribution in [0.2, 0.25) is 0 Å². The minimum atomic E-state index is -0.870. The maximum absolute atomic E-state index is 9.45. The highest BCUT2D eigenvalue weighted by atomic mass is 14.2. The summed E-state index contributed by atoms with van der Waals surface area (Å²) in [5.41, 5.74) is -2.77. The zero-order valence-corrected chi connectivity index (χ0v) is 20.2. The Hall–Kier alpha value is -5.20. The third kappa shape index (κ3) is 3.40. The summed E-state index contributed by atoms with van der Waals surface area (Å²) < 4.78 is 204. The van der Waals surface area contributed by atoms with Crippen LogP contribution in [0.25, 0.3) is 76.5 Å². The second kappa shape index (κ2) is 9.22. The summed E-state index contributed by atoms with van der Waals surface area (Å²) in [4.78, 5) is 0. The van der Waals surface area contributed by atoms with E-state index in [0.717, 1.165) is 18.2 Å². The average Bonchev–Trinajstić information content (AvgIpc) is 3.24. The molecule has 0 atom stereocenters. The summed E-state index contributed by atoms with van der Waals surface area (Å²) in [6.07, 6.45) is 0. The number of benzene rings is 8. The fourth-order valence-electron chi connectivity index (χ4n) is 5.22. The van der Waals surface area contributed by atoms with Gasteiger partial charge in [-0.3, -0.25) is 0 Å². The number of hydrogen-bond acceptors (Lipinski definition) is 0. The molecule has 0 saturated carbocycles. The van der Waals surface area contributed by atoms with E-state index in [9.17, 15) is 6.85 Å². The first-order valence-corrected chi connectivity index (χ1v) is 12.0. The van der Waals surface area contributed by atoms with Crippen molar-refractivity contribution >= 4 is 43.1 Å². The summed E-state index contributed by atoms with van der Waals surface area (Å²) in [6.45, 7) is 0. The fourth-order valence-corrected chi connectivity index (χ4v) is 5.22. The van der Waals surface area contributed by atoms with E-state index in [-0.39, 0.29) is 21.7 Å². The van der Waals surface area contributed by atoms with Crippen LogP contribution in [0.5, 0.6) is 0 Å². The van der Waals surface area contributed by atoms with Crippen LogP contribution in [0, 0.1) is 0 Å². The van der Waals surface area contributed by atoms with Crippen molar-refractivity contribution in [2.45, 2.75) is 0 Å². The van der Waals surface area contributed by atoms with Gasteiger partial charge in [-0.25, -0.2) is 0 Å². The van der Waals surface area contributed by atoms with Crippen molar-refractivity contribution in [1.29, 1.82) is 0 Å². The van der Waals surface area contributed by atoms with Gasteiger partial charge in [0, 0.05) is 0 Å². The second-order valence-electron chi connectivity index (χ2n) is 8.73. The van der Waals surface area contributed by atoms with E-state index in [1.54, 1.807) is 0 Å². The minimum Gasteiger partial charge on any atom is -0.0622 e. The maximum Gasteiger partial charge on any atom is 0.0629 e. The van der Waals surface area contributed by atoms with Gasteiger partial charge < -0.3 is 0 Å². The molecule has 0 bridgehead atoms. The quantitative estimate of drug-likeness (QED) is 0.200. The largest absolute Gasteiger partial charge is 0.0629 e. The highest BCUT2D eigenvalue weighted by molar-refractivity contribution is 6.29. The molecule has 186 valence electrons. The van der Waals surface area contributed by atoms with Crippen molar-refractivity contribution in [3.05, 3.63) is 157 Å². The van der Waals surface area contributed by atoms with E-state index in [0.29, 0.717) is 0 Å². The molecule has 0 radical (unpaired) electrons. The van der Waals surface area contributed by atoms with E-state index in [1.165, 1.54) is 0 Å². The van der Waals surface area contributed by atoms with Crippen molar-refractivity contribution in [3.63, 3.8) is 0 Å². The van der Waals surface area contributed by atoms with Crippen LogP contribution in [0.15, 0.2) is 157 Å². The molecule has 0 nitrogen and oxygen atoms in total. The number of hydrogen-bond donors (Lipinski definition) is 0. The summed E-state index contributed by atoms with van der Waals surface area (Å²) in [7, 11) is 0. The molecule has 0 amide bonds. The van der Waals surface area contributed by atoms with Gasteiger partial charge >= 0.3 is 0 Å². The molecule has 0 heteroatoms. The average molecular weight is 530 g/mol. The molecule has 0 aliphatic rings. The van der Waals surface area contributed by atoms with Crippen LogP contribution >= 0.6 is 0 Å². The van der Waals surface area contributed by atoms with E-state index in [4.69, 9.17) is 24.7 Å². The molecule has 8 aromatic carbocycles. The molecular weight excluding hydrogens is 480 g/mol. The third-order valence-corrected chi connectivity index (χ3v) is 6.73. The van der Waals surface area contributed by atoms with Gasteiger partial charge in [-0.2, -0.15) is 0 Å². The van der Waals surface area contributed by atoms with Crippen molar-refractivity contribution < 1.29 is 31.5 Å². The lowest BCUT2D eigenvalue weighted by atomic mass is 9.81. The Kier molecular flexibility index (Phi) is 2.18. The molecule has 0 aliphatic carbocycles.